The van der Waals surface area contributed by atoms with Gasteiger partial charge in [-0.3, -0.25) is 14.2 Å². The van der Waals surface area contributed by atoms with Gasteiger partial charge in [0, 0.05) is 11.6 Å². The topological polar surface area (TPSA) is 55.2 Å². The third-order valence-electron chi connectivity index (χ3n) is 5.85. The van der Waals surface area contributed by atoms with Gasteiger partial charge in [-0.25, -0.2) is 4.98 Å². The number of fused-ring (bicyclic) bond motifs is 2. The molecule has 1 aliphatic heterocycles. The number of rotatable bonds is 3. The molecule has 0 spiro atoms. The monoisotopic (exact) mass is 421 g/mol. The summed E-state index contributed by atoms with van der Waals surface area (Å²) in [5.41, 5.74) is 4.42. The zero-order valence-corrected chi connectivity index (χ0v) is 18.2. The van der Waals surface area contributed by atoms with Crippen molar-refractivity contribution in [2.75, 3.05) is 4.90 Å². The molecule has 4 aromatic rings. The summed E-state index contributed by atoms with van der Waals surface area (Å²) in [6.45, 7) is 5.95. The molecular formula is C27H23N3O2. The van der Waals surface area contributed by atoms with Gasteiger partial charge in [-0.05, 0) is 56.7 Å². The normalized spacial score (nSPS) is 14.6. The lowest BCUT2D eigenvalue weighted by molar-refractivity contribution is -0.113. The number of benzene rings is 3. The minimum Gasteiger partial charge on any atom is -0.305 e. The number of para-hydroxylation sites is 3. The van der Waals surface area contributed by atoms with Crippen molar-refractivity contribution >= 4 is 34.1 Å². The third-order valence-corrected chi connectivity index (χ3v) is 5.85. The van der Waals surface area contributed by atoms with Gasteiger partial charge >= 0.3 is 0 Å². The van der Waals surface area contributed by atoms with E-state index < -0.39 is 0 Å². The van der Waals surface area contributed by atoms with Gasteiger partial charge in [0.05, 0.1) is 27.9 Å². The van der Waals surface area contributed by atoms with Crippen LogP contribution in [0.25, 0.3) is 28.2 Å². The van der Waals surface area contributed by atoms with E-state index in [2.05, 4.69) is 0 Å². The number of anilines is 1. The predicted octanol–water partition coefficient (Wildman–Crippen LogP) is 4.99. The minimum atomic E-state index is -0.156. The highest BCUT2D eigenvalue weighted by Gasteiger charge is 2.34. The lowest BCUT2D eigenvalue weighted by Crippen LogP contribution is -2.33. The van der Waals surface area contributed by atoms with Gasteiger partial charge in [-0.1, -0.05) is 48.5 Å². The quantitative estimate of drug-likeness (QED) is 0.438. The lowest BCUT2D eigenvalue weighted by Gasteiger charge is -2.21. The van der Waals surface area contributed by atoms with Crippen LogP contribution in [-0.2, 0) is 4.79 Å². The van der Waals surface area contributed by atoms with E-state index in [9.17, 15) is 9.59 Å². The zero-order valence-electron chi connectivity index (χ0n) is 18.2. The van der Waals surface area contributed by atoms with E-state index in [1.807, 2.05) is 87.5 Å². The Kier molecular flexibility index (Phi) is 4.74. The Morgan fingerprint density at radius 2 is 1.50 bits per heavy atom. The zero-order chi connectivity index (χ0) is 22.4. The first kappa shape index (κ1) is 19.9. The van der Waals surface area contributed by atoms with Crippen LogP contribution in [0.4, 0.5) is 5.69 Å². The van der Waals surface area contributed by atoms with E-state index in [1.165, 1.54) is 0 Å². The number of aryl methyl sites for hydroxylation is 1. The maximum atomic E-state index is 13.6. The van der Waals surface area contributed by atoms with Crippen LogP contribution in [0.1, 0.15) is 30.8 Å². The molecule has 5 nitrogen and oxygen atoms in total. The molecular weight excluding hydrogens is 398 g/mol. The van der Waals surface area contributed by atoms with Crippen LogP contribution >= 0.6 is 0 Å². The first-order chi connectivity index (χ1) is 15.5. The number of aromatic nitrogens is 2. The van der Waals surface area contributed by atoms with Crippen LogP contribution in [0, 0.1) is 6.92 Å². The summed E-state index contributed by atoms with van der Waals surface area (Å²) in [6.07, 6.45) is 1.75. The molecule has 0 saturated heterocycles. The summed E-state index contributed by atoms with van der Waals surface area (Å²) in [5, 5.41) is 0.542. The minimum absolute atomic E-state index is 0.0117. The SMILES string of the molecule is Cc1ccccc1-n1c(C=C2C(=O)N(C(C)C)c3ccccc32)nc2ccccc2c1=O. The van der Waals surface area contributed by atoms with Crippen LogP contribution in [0.3, 0.4) is 0 Å². The molecule has 32 heavy (non-hydrogen) atoms. The summed E-state index contributed by atoms with van der Waals surface area (Å²) in [4.78, 5) is 33.6. The highest BCUT2D eigenvalue weighted by molar-refractivity contribution is 6.35. The Hall–Kier alpha value is -3.99. The standard InChI is InChI=1S/C27H23N3O2/c1-17(2)29-24-15-9-6-11-19(24)21(27(29)32)16-25-28-22-13-7-5-12-20(22)26(31)30(25)23-14-8-4-10-18(23)3/h4-17H,1-3H3. The van der Waals surface area contributed by atoms with Gasteiger partial charge in [0.1, 0.15) is 5.82 Å². The Labute approximate surface area is 186 Å². The van der Waals surface area contributed by atoms with Crippen molar-refractivity contribution < 1.29 is 4.79 Å². The third kappa shape index (κ3) is 3.05. The number of amides is 1. The number of nitrogens with zero attached hydrogens (tertiary/aromatic N) is 3. The molecule has 0 fully saturated rings. The average molecular weight is 422 g/mol. The maximum Gasteiger partial charge on any atom is 0.266 e. The van der Waals surface area contributed by atoms with Crippen molar-refractivity contribution in [1.29, 1.82) is 0 Å². The van der Waals surface area contributed by atoms with E-state index in [0.29, 0.717) is 22.3 Å². The Bertz CT molecular complexity index is 1460. The van der Waals surface area contributed by atoms with Crippen LogP contribution in [-0.4, -0.2) is 21.5 Å². The predicted molar refractivity (Wildman–Crippen MR) is 129 cm³/mol. The Balaban J connectivity index is 1.83. The first-order valence-corrected chi connectivity index (χ1v) is 10.7. The van der Waals surface area contributed by atoms with Gasteiger partial charge in [0.15, 0.2) is 0 Å². The fourth-order valence-corrected chi connectivity index (χ4v) is 4.34. The molecule has 0 N–H and O–H groups in total. The van der Waals surface area contributed by atoms with Crippen molar-refractivity contribution in [3.05, 3.63) is 100 Å². The maximum absolute atomic E-state index is 13.6. The highest BCUT2D eigenvalue weighted by atomic mass is 16.2. The molecule has 3 aromatic carbocycles. The van der Waals surface area contributed by atoms with Crippen LogP contribution in [0.5, 0.6) is 0 Å². The van der Waals surface area contributed by atoms with Crippen LogP contribution in [0.15, 0.2) is 77.6 Å². The smallest absolute Gasteiger partial charge is 0.266 e. The number of hydrogen-bond donors (Lipinski definition) is 0. The largest absolute Gasteiger partial charge is 0.305 e. The van der Waals surface area contributed by atoms with E-state index in [0.717, 1.165) is 22.5 Å². The molecule has 2 heterocycles. The fraction of sp³-hybridized carbons (Fsp3) is 0.148. The fourth-order valence-electron chi connectivity index (χ4n) is 4.34. The van der Waals surface area contributed by atoms with Crippen LogP contribution in [0.2, 0.25) is 0 Å². The van der Waals surface area contributed by atoms with Gasteiger partial charge in [-0.2, -0.15) is 0 Å². The van der Waals surface area contributed by atoms with E-state index in [-0.39, 0.29) is 17.5 Å². The second-order valence-electron chi connectivity index (χ2n) is 8.26. The van der Waals surface area contributed by atoms with Crippen molar-refractivity contribution in [2.24, 2.45) is 0 Å². The van der Waals surface area contributed by atoms with E-state index in [1.54, 1.807) is 21.6 Å². The molecule has 0 aliphatic carbocycles. The molecule has 0 bridgehead atoms. The molecule has 0 atom stereocenters. The summed E-state index contributed by atoms with van der Waals surface area (Å²) in [6, 6.07) is 22.8. The molecule has 0 saturated carbocycles. The summed E-state index contributed by atoms with van der Waals surface area (Å²) in [5.74, 6) is 0.353. The van der Waals surface area contributed by atoms with Gasteiger partial charge in [0.2, 0.25) is 0 Å². The number of hydrogen-bond acceptors (Lipinski definition) is 3. The van der Waals surface area contributed by atoms with Gasteiger partial charge < -0.3 is 4.90 Å². The second-order valence-corrected chi connectivity index (χ2v) is 8.26. The molecule has 1 aliphatic rings. The van der Waals surface area contributed by atoms with Crippen molar-refractivity contribution in [3.8, 4) is 5.69 Å². The van der Waals surface area contributed by atoms with Crippen LogP contribution < -0.4 is 10.5 Å². The molecule has 5 heteroatoms. The van der Waals surface area contributed by atoms with Gasteiger partial charge in [0.25, 0.3) is 11.5 Å². The average Bonchev–Trinajstić information content (AvgIpc) is 3.06. The molecule has 158 valence electrons. The van der Waals surface area contributed by atoms with Gasteiger partial charge in [-0.15, -0.1) is 0 Å². The van der Waals surface area contributed by atoms with E-state index >= 15 is 0 Å². The molecule has 0 radical (unpaired) electrons. The van der Waals surface area contributed by atoms with Crippen molar-refractivity contribution in [2.45, 2.75) is 26.8 Å². The summed E-state index contributed by atoms with van der Waals surface area (Å²) in [7, 11) is 0. The highest BCUT2D eigenvalue weighted by Crippen LogP contribution is 2.38. The second kappa shape index (κ2) is 7.61. The number of carbonyl (C=O) groups excluding carboxylic acids is 1. The summed E-state index contributed by atoms with van der Waals surface area (Å²) >= 11 is 0. The number of carbonyl (C=O) groups is 1. The van der Waals surface area contributed by atoms with Crippen molar-refractivity contribution in [3.63, 3.8) is 0 Å². The first-order valence-electron chi connectivity index (χ1n) is 10.7. The molecule has 1 amide bonds. The Morgan fingerprint density at radius 3 is 2.25 bits per heavy atom. The summed E-state index contributed by atoms with van der Waals surface area (Å²) < 4.78 is 1.61. The van der Waals surface area contributed by atoms with E-state index in [4.69, 9.17) is 4.98 Å². The Morgan fingerprint density at radius 1 is 0.844 bits per heavy atom. The molecule has 1 aromatic heterocycles. The molecule has 0 unspecified atom stereocenters. The van der Waals surface area contributed by atoms with Crippen molar-refractivity contribution in [1.82, 2.24) is 9.55 Å². The lowest BCUT2D eigenvalue weighted by atomic mass is 10.1. The molecule has 5 rings (SSSR count).